The van der Waals surface area contributed by atoms with Crippen molar-refractivity contribution < 1.29 is 14.7 Å². The van der Waals surface area contributed by atoms with Crippen LogP contribution in [0.25, 0.3) is 0 Å². The number of carbonyl (C=O) groups is 2. The van der Waals surface area contributed by atoms with Crippen LogP contribution in [0.4, 0.5) is 5.69 Å². The molecule has 0 aromatic heterocycles. The van der Waals surface area contributed by atoms with Crippen molar-refractivity contribution in [3.63, 3.8) is 0 Å². The van der Waals surface area contributed by atoms with E-state index in [1.54, 1.807) is 6.07 Å². The molecular weight excluding hydrogens is 285 g/mol. The minimum Gasteiger partial charge on any atom is -0.478 e. The first kappa shape index (κ1) is 12.0. The van der Waals surface area contributed by atoms with Gasteiger partial charge in [0.05, 0.1) is 10.7 Å². The Morgan fingerprint density at radius 2 is 2.07 bits per heavy atom. The van der Waals surface area contributed by atoms with E-state index < -0.39 is 5.97 Å². The van der Waals surface area contributed by atoms with E-state index >= 15 is 0 Å². The van der Waals surface area contributed by atoms with Gasteiger partial charge in [0.2, 0.25) is 5.91 Å². The smallest absolute Gasteiger partial charge is 0.339 e. The number of amides is 1. The first-order valence-corrected chi connectivity index (χ1v) is 5.09. The molecule has 1 aromatic rings. The van der Waals surface area contributed by atoms with E-state index in [4.69, 9.17) is 16.7 Å². The van der Waals surface area contributed by atoms with Crippen LogP contribution >= 0.6 is 27.5 Å². The summed E-state index contributed by atoms with van der Waals surface area (Å²) in [6.45, 7) is 1.29. The number of carboxylic acid groups (broad SMARTS) is 1. The van der Waals surface area contributed by atoms with Crippen molar-refractivity contribution in [1.82, 2.24) is 0 Å². The highest BCUT2D eigenvalue weighted by Gasteiger charge is 2.18. The number of carbonyl (C=O) groups excluding carboxylic acids is 1. The largest absolute Gasteiger partial charge is 0.478 e. The molecule has 0 aliphatic heterocycles. The maximum atomic E-state index is 10.9. The van der Waals surface area contributed by atoms with Gasteiger partial charge in [-0.2, -0.15) is 0 Å². The molecule has 0 bridgehead atoms. The lowest BCUT2D eigenvalue weighted by Gasteiger charge is -2.10. The molecule has 1 rings (SSSR count). The monoisotopic (exact) mass is 291 g/mol. The van der Waals surface area contributed by atoms with Gasteiger partial charge in [-0.3, -0.25) is 4.79 Å². The molecule has 0 atom stereocenters. The molecule has 0 saturated carbocycles. The fraction of sp³-hybridized carbons (Fsp3) is 0.111. The van der Waals surface area contributed by atoms with E-state index in [-0.39, 0.29) is 22.2 Å². The summed E-state index contributed by atoms with van der Waals surface area (Å²) in [6.07, 6.45) is 0. The molecule has 0 radical (unpaired) electrons. The van der Waals surface area contributed by atoms with E-state index in [9.17, 15) is 9.59 Å². The fourth-order valence-electron chi connectivity index (χ4n) is 1.06. The molecule has 80 valence electrons. The highest BCUT2D eigenvalue weighted by atomic mass is 79.9. The van der Waals surface area contributed by atoms with Gasteiger partial charge in [-0.15, -0.1) is 0 Å². The second-order valence-electron chi connectivity index (χ2n) is 2.77. The summed E-state index contributed by atoms with van der Waals surface area (Å²) in [5, 5.41) is 11.4. The number of benzene rings is 1. The zero-order valence-corrected chi connectivity index (χ0v) is 10.0. The molecule has 0 unspecified atom stereocenters. The zero-order chi connectivity index (χ0) is 11.6. The lowest BCUT2D eigenvalue weighted by Crippen LogP contribution is -2.12. The molecule has 15 heavy (non-hydrogen) atoms. The molecule has 0 fully saturated rings. The SMILES string of the molecule is CC(=O)Nc1c(Br)ccc(Cl)c1C(=O)O. The third-order valence-corrected chi connectivity index (χ3v) is 2.59. The number of hydrogen-bond donors (Lipinski definition) is 2. The normalized spacial score (nSPS) is 9.80. The number of halogens is 2. The van der Waals surface area contributed by atoms with Gasteiger partial charge >= 0.3 is 5.97 Å². The van der Waals surface area contributed by atoms with Crippen LogP contribution < -0.4 is 5.32 Å². The summed E-state index contributed by atoms with van der Waals surface area (Å²) in [5.74, 6) is -1.55. The topological polar surface area (TPSA) is 66.4 Å². The van der Waals surface area contributed by atoms with Crippen LogP contribution in [-0.4, -0.2) is 17.0 Å². The van der Waals surface area contributed by atoms with Crippen molar-refractivity contribution in [2.45, 2.75) is 6.92 Å². The number of carboxylic acids is 1. The molecule has 2 N–H and O–H groups in total. The standard InChI is InChI=1S/C9H7BrClNO3/c1-4(13)12-8-5(10)2-3-6(11)7(8)9(14)15/h2-3H,1H3,(H,12,13)(H,14,15). The van der Waals surface area contributed by atoms with Gasteiger partial charge in [0.15, 0.2) is 0 Å². The second kappa shape index (κ2) is 4.63. The van der Waals surface area contributed by atoms with Crippen molar-refractivity contribution >= 4 is 45.1 Å². The van der Waals surface area contributed by atoms with Crippen LogP contribution in [0, 0.1) is 0 Å². The quantitative estimate of drug-likeness (QED) is 0.881. The molecule has 0 saturated heterocycles. The molecule has 0 aliphatic carbocycles. The van der Waals surface area contributed by atoms with E-state index in [0.29, 0.717) is 4.47 Å². The van der Waals surface area contributed by atoms with Gasteiger partial charge in [0, 0.05) is 11.4 Å². The van der Waals surface area contributed by atoms with Crippen LogP contribution in [0.1, 0.15) is 17.3 Å². The Balaban J connectivity index is 3.38. The fourth-order valence-corrected chi connectivity index (χ4v) is 1.73. The van der Waals surface area contributed by atoms with Crippen molar-refractivity contribution in [3.05, 3.63) is 27.2 Å². The summed E-state index contributed by atoms with van der Waals surface area (Å²) in [6, 6.07) is 3.01. The van der Waals surface area contributed by atoms with Crippen LogP contribution in [-0.2, 0) is 4.79 Å². The van der Waals surface area contributed by atoms with Crippen LogP contribution in [0.3, 0.4) is 0 Å². The summed E-state index contributed by atoms with van der Waals surface area (Å²) in [5.41, 5.74) is 0.0451. The second-order valence-corrected chi connectivity index (χ2v) is 4.03. The highest BCUT2D eigenvalue weighted by molar-refractivity contribution is 9.10. The lowest BCUT2D eigenvalue weighted by atomic mass is 10.2. The van der Waals surface area contributed by atoms with E-state index in [0.717, 1.165) is 0 Å². The van der Waals surface area contributed by atoms with Crippen molar-refractivity contribution in [1.29, 1.82) is 0 Å². The Hall–Kier alpha value is -1.07. The van der Waals surface area contributed by atoms with Gasteiger partial charge < -0.3 is 10.4 Å². The number of rotatable bonds is 2. The highest BCUT2D eigenvalue weighted by Crippen LogP contribution is 2.32. The Morgan fingerprint density at radius 1 is 1.47 bits per heavy atom. The molecule has 1 amide bonds. The number of anilines is 1. The Morgan fingerprint density at radius 3 is 2.53 bits per heavy atom. The molecule has 6 heteroatoms. The predicted octanol–water partition coefficient (Wildman–Crippen LogP) is 2.76. The first-order valence-electron chi connectivity index (χ1n) is 3.92. The van der Waals surface area contributed by atoms with Gasteiger partial charge in [0.1, 0.15) is 5.56 Å². The summed E-state index contributed by atoms with van der Waals surface area (Å²) >= 11 is 8.87. The molecule has 0 heterocycles. The van der Waals surface area contributed by atoms with Crippen LogP contribution in [0.15, 0.2) is 16.6 Å². The number of aromatic carboxylic acids is 1. The molecule has 4 nitrogen and oxygen atoms in total. The van der Waals surface area contributed by atoms with Gasteiger partial charge in [0.25, 0.3) is 0 Å². The maximum Gasteiger partial charge on any atom is 0.339 e. The minimum absolute atomic E-state index is 0.0782. The van der Waals surface area contributed by atoms with E-state index in [2.05, 4.69) is 21.2 Å². The third kappa shape index (κ3) is 2.70. The Bertz CT molecular complexity index is 434. The average Bonchev–Trinajstić information content (AvgIpc) is 2.10. The lowest BCUT2D eigenvalue weighted by molar-refractivity contribution is -0.114. The number of nitrogens with one attached hydrogen (secondary N) is 1. The molecule has 0 aliphatic rings. The molecule has 1 aromatic carbocycles. The summed E-state index contributed by atoms with van der Waals surface area (Å²) in [4.78, 5) is 21.8. The third-order valence-electron chi connectivity index (χ3n) is 1.62. The molecular formula is C9H7BrClNO3. The van der Waals surface area contributed by atoms with Gasteiger partial charge in [-0.25, -0.2) is 4.79 Å². The Kier molecular flexibility index (Phi) is 3.71. The van der Waals surface area contributed by atoms with Crippen molar-refractivity contribution in [3.8, 4) is 0 Å². The number of hydrogen-bond acceptors (Lipinski definition) is 2. The van der Waals surface area contributed by atoms with E-state index in [1.807, 2.05) is 0 Å². The average molecular weight is 293 g/mol. The van der Waals surface area contributed by atoms with Crippen LogP contribution in [0.5, 0.6) is 0 Å². The van der Waals surface area contributed by atoms with Crippen molar-refractivity contribution in [2.24, 2.45) is 0 Å². The Labute approximate surface area is 99.4 Å². The minimum atomic E-state index is -1.19. The summed E-state index contributed by atoms with van der Waals surface area (Å²) in [7, 11) is 0. The van der Waals surface area contributed by atoms with Crippen LogP contribution in [0.2, 0.25) is 5.02 Å². The van der Waals surface area contributed by atoms with Crippen molar-refractivity contribution in [2.75, 3.05) is 5.32 Å². The van der Waals surface area contributed by atoms with Gasteiger partial charge in [-0.05, 0) is 28.1 Å². The van der Waals surface area contributed by atoms with E-state index in [1.165, 1.54) is 13.0 Å². The van der Waals surface area contributed by atoms with Gasteiger partial charge in [-0.1, -0.05) is 11.6 Å². The predicted molar refractivity (Wildman–Crippen MR) is 60.4 cm³/mol. The zero-order valence-electron chi connectivity index (χ0n) is 7.67. The molecule has 0 spiro atoms. The summed E-state index contributed by atoms with van der Waals surface area (Å²) < 4.78 is 0.472. The first-order chi connectivity index (χ1) is 6.93. The maximum absolute atomic E-state index is 10.9.